The third-order valence-electron chi connectivity index (χ3n) is 5.46. The van der Waals surface area contributed by atoms with Crippen LogP contribution in [-0.4, -0.2) is 36.3 Å². The molecular formula is C24H26N2O4S2. The fourth-order valence-corrected chi connectivity index (χ4v) is 6.00. The highest BCUT2D eigenvalue weighted by molar-refractivity contribution is 7.99. The number of hydrogen-bond acceptors (Lipinski definition) is 7. The molecular weight excluding hydrogens is 444 g/mol. The molecule has 1 aliphatic carbocycles. The van der Waals surface area contributed by atoms with Crippen LogP contribution in [0.2, 0.25) is 0 Å². The van der Waals surface area contributed by atoms with Gasteiger partial charge in [-0.3, -0.25) is 4.79 Å². The number of thiophene rings is 1. The summed E-state index contributed by atoms with van der Waals surface area (Å²) >= 11 is 2.88. The normalized spacial score (nSPS) is 13.0. The predicted molar refractivity (Wildman–Crippen MR) is 129 cm³/mol. The molecule has 1 aliphatic rings. The number of fused-ring (bicyclic) bond motifs is 2. The van der Waals surface area contributed by atoms with Crippen LogP contribution in [0.3, 0.4) is 0 Å². The highest BCUT2D eigenvalue weighted by Gasteiger charge is 2.27. The Balaban J connectivity index is 1.50. The van der Waals surface area contributed by atoms with Crippen molar-refractivity contribution in [3.05, 3.63) is 45.8 Å². The largest absolute Gasteiger partial charge is 0.497 e. The first kappa shape index (κ1) is 22.6. The van der Waals surface area contributed by atoms with E-state index in [2.05, 4.69) is 10.3 Å². The number of benzene rings is 1. The number of pyridine rings is 1. The molecule has 1 N–H and O–H groups in total. The molecule has 0 radical (unpaired) electrons. The molecule has 0 atom stereocenters. The smallest absolute Gasteiger partial charge is 0.341 e. The van der Waals surface area contributed by atoms with E-state index in [1.54, 1.807) is 14.0 Å². The van der Waals surface area contributed by atoms with E-state index in [0.29, 0.717) is 17.2 Å². The Morgan fingerprint density at radius 2 is 2.03 bits per heavy atom. The van der Waals surface area contributed by atoms with Gasteiger partial charge in [-0.05, 0) is 68.9 Å². The molecule has 3 aromatic rings. The highest BCUT2D eigenvalue weighted by atomic mass is 32.2. The number of esters is 1. The van der Waals surface area contributed by atoms with Crippen molar-refractivity contribution in [1.29, 1.82) is 0 Å². The van der Waals surface area contributed by atoms with Crippen LogP contribution < -0.4 is 10.1 Å². The molecule has 0 saturated carbocycles. The number of amides is 1. The van der Waals surface area contributed by atoms with Crippen LogP contribution in [0.1, 0.15) is 46.1 Å². The summed E-state index contributed by atoms with van der Waals surface area (Å²) in [6.07, 6.45) is 3.96. The number of nitrogens with one attached hydrogen (secondary N) is 1. The lowest BCUT2D eigenvalue weighted by molar-refractivity contribution is -0.113. The summed E-state index contributed by atoms with van der Waals surface area (Å²) in [4.78, 5) is 31.2. The molecule has 32 heavy (non-hydrogen) atoms. The first-order valence-corrected chi connectivity index (χ1v) is 12.5. The standard InChI is InChI=1S/C24H26N2O4S2/c1-4-30-24(28)22-17-7-5-6-8-19(17)32-23(22)26-20(27)13-31-21-11-14(2)16-10-9-15(29-3)12-18(16)25-21/h9-12H,4-8,13H2,1-3H3,(H,26,27). The number of thioether (sulfide) groups is 1. The number of rotatable bonds is 7. The molecule has 2 aromatic heterocycles. The van der Waals surface area contributed by atoms with E-state index in [1.165, 1.54) is 28.0 Å². The average Bonchev–Trinajstić information content (AvgIpc) is 3.15. The second-order valence-electron chi connectivity index (χ2n) is 7.63. The van der Waals surface area contributed by atoms with Crippen LogP contribution in [0.25, 0.3) is 10.9 Å². The van der Waals surface area contributed by atoms with Crippen LogP contribution in [0.4, 0.5) is 5.00 Å². The van der Waals surface area contributed by atoms with Gasteiger partial charge in [0, 0.05) is 16.3 Å². The zero-order valence-corrected chi connectivity index (χ0v) is 20.1. The summed E-state index contributed by atoms with van der Waals surface area (Å²) in [5.74, 6) is 0.435. The number of ether oxygens (including phenoxy) is 2. The third-order valence-corrected chi connectivity index (χ3v) is 7.57. The minimum absolute atomic E-state index is 0.163. The molecule has 8 heteroatoms. The summed E-state index contributed by atoms with van der Waals surface area (Å²) in [5, 5.41) is 5.39. The second kappa shape index (κ2) is 9.92. The van der Waals surface area contributed by atoms with Crippen molar-refractivity contribution in [3.8, 4) is 5.75 Å². The Morgan fingerprint density at radius 3 is 2.81 bits per heavy atom. The van der Waals surface area contributed by atoms with Crippen LogP contribution in [0, 0.1) is 6.92 Å². The Bertz CT molecular complexity index is 1170. The lowest BCUT2D eigenvalue weighted by atomic mass is 9.95. The number of hydrogen-bond donors (Lipinski definition) is 1. The van der Waals surface area contributed by atoms with Crippen LogP contribution >= 0.6 is 23.1 Å². The minimum atomic E-state index is -0.351. The fourth-order valence-electron chi connectivity index (χ4n) is 3.93. The summed E-state index contributed by atoms with van der Waals surface area (Å²) in [6, 6.07) is 7.79. The maximum absolute atomic E-state index is 12.8. The van der Waals surface area contributed by atoms with Crippen molar-refractivity contribution < 1.29 is 19.1 Å². The first-order chi connectivity index (χ1) is 15.5. The highest BCUT2D eigenvalue weighted by Crippen LogP contribution is 2.38. The molecule has 4 rings (SSSR count). The van der Waals surface area contributed by atoms with Crippen molar-refractivity contribution >= 4 is 50.9 Å². The van der Waals surface area contributed by atoms with E-state index in [9.17, 15) is 9.59 Å². The van der Waals surface area contributed by atoms with Crippen LogP contribution in [0.5, 0.6) is 5.75 Å². The van der Waals surface area contributed by atoms with Crippen molar-refractivity contribution in [2.45, 2.75) is 44.6 Å². The molecule has 0 fully saturated rings. The van der Waals surface area contributed by atoms with E-state index >= 15 is 0 Å². The van der Waals surface area contributed by atoms with Gasteiger partial charge in [0.25, 0.3) is 0 Å². The number of carbonyl (C=O) groups is 2. The van der Waals surface area contributed by atoms with Crippen molar-refractivity contribution in [2.75, 3.05) is 24.8 Å². The van der Waals surface area contributed by atoms with Crippen LogP contribution in [0.15, 0.2) is 29.3 Å². The molecule has 168 valence electrons. The van der Waals surface area contributed by atoms with Gasteiger partial charge in [0.15, 0.2) is 0 Å². The van der Waals surface area contributed by atoms with Crippen molar-refractivity contribution in [3.63, 3.8) is 0 Å². The minimum Gasteiger partial charge on any atom is -0.497 e. The molecule has 1 amide bonds. The van der Waals surface area contributed by atoms with Gasteiger partial charge < -0.3 is 14.8 Å². The van der Waals surface area contributed by atoms with Gasteiger partial charge in [-0.2, -0.15) is 0 Å². The molecule has 0 unspecified atom stereocenters. The first-order valence-electron chi connectivity index (χ1n) is 10.7. The Morgan fingerprint density at radius 1 is 1.22 bits per heavy atom. The number of nitrogens with zero attached hydrogens (tertiary/aromatic N) is 1. The summed E-state index contributed by atoms with van der Waals surface area (Å²) in [6.45, 7) is 4.13. The van der Waals surface area contributed by atoms with Crippen LogP contribution in [-0.2, 0) is 22.4 Å². The Hall–Kier alpha value is -2.58. The lowest BCUT2D eigenvalue weighted by Crippen LogP contribution is -2.17. The summed E-state index contributed by atoms with van der Waals surface area (Å²) in [7, 11) is 1.63. The number of anilines is 1. The molecule has 0 aliphatic heterocycles. The maximum Gasteiger partial charge on any atom is 0.341 e. The summed E-state index contributed by atoms with van der Waals surface area (Å²) < 4.78 is 10.6. The van der Waals surface area contributed by atoms with Gasteiger partial charge in [-0.15, -0.1) is 11.3 Å². The van der Waals surface area contributed by atoms with E-state index < -0.39 is 0 Å². The third kappa shape index (κ3) is 4.76. The van der Waals surface area contributed by atoms with E-state index in [0.717, 1.165) is 58.5 Å². The molecule has 0 bridgehead atoms. The van der Waals surface area contributed by atoms with E-state index in [1.807, 2.05) is 31.2 Å². The fraction of sp³-hybridized carbons (Fsp3) is 0.375. The van der Waals surface area contributed by atoms with Gasteiger partial charge in [0.2, 0.25) is 5.91 Å². The average molecular weight is 471 g/mol. The molecule has 1 aromatic carbocycles. The molecule has 0 spiro atoms. The van der Waals surface area contributed by atoms with Gasteiger partial charge in [-0.1, -0.05) is 11.8 Å². The van der Waals surface area contributed by atoms with Crippen molar-refractivity contribution in [1.82, 2.24) is 4.98 Å². The van der Waals surface area contributed by atoms with Gasteiger partial charge in [0.05, 0.1) is 35.6 Å². The lowest BCUT2D eigenvalue weighted by Gasteiger charge is -2.12. The zero-order chi connectivity index (χ0) is 22.7. The molecule has 0 saturated heterocycles. The van der Waals surface area contributed by atoms with Gasteiger partial charge in [-0.25, -0.2) is 9.78 Å². The topological polar surface area (TPSA) is 77.5 Å². The molecule has 2 heterocycles. The Labute approximate surface area is 195 Å². The monoisotopic (exact) mass is 470 g/mol. The van der Waals surface area contributed by atoms with Gasteiger partial charge >= 0.3 is 5.97 Å². The summed E-state index contributed by atoms with van der Waals surface area (Å²) in [5.41, 5.74) is 3.51. The number of aromatic nitrogens is 1. The number of carbonyl (C=O) groups excluding carboxylic acids is 2. The predicted octanol–water partition coefficient (Wildman–Crippen LogP) is 5.40. The van der Waals surface area contributed by atoms with Crippen molar-refractivity contribution in [2.24, 2.45) is 0 Å². The quantitative estimate of drug-likeness (QED) is 0.368. The van der Waals surface area contributed by atoms with E-state index in [-0.39, 0.29) is 17.6 Å². The Kier molecular flexibility index (Phi) is 7.01. The second-order valence-corrected chi connectivity index (χ2v) is 9.73. The zero-order valence-electron chi connectivity index (χ0n) is 18.4. The van der Waals surface area contributed by atoms with Gasteiger partial charge in [0.1, 0.15) is 10.8 Å². The van der Waals surface area contributed by atoms with E-state index in [4.69, 9.17) is 9.47 Å². The maximum atomic E-state index is 12.8. The number of methoxy groups -OCH3 is 1. The SMILES string of the molecule is CCOC(=O)c1c(NC(=O)CSc2cc(C)c3ccc(OC)cc3n2)sc2c1CCCC2. The molecule has 6 nitrogen and oxygen atoms in total. The number of aryl methyl sites for hydroxylation is 2.